The van der Waals surface area contributed by atoms with Crippen LogP contribution in [0.5, 0.6) is 11.5 Å². The first-order chi connectivity index (χ1) is 10.0. The van der Waals surface area contributed by atoms with Gasteiger partial charge in [-0.1, -0.05) is 11.6 Å². The summed E-state index contributed by atoms with van der Waals surface area (Å²) in [5.41, 5.74) is 0.0623. The molecule has 0 spiro atoms. The van der Waals surface area contributed by atoms with Crippen LogP contribution >= 0.6 is 11.6 Å². The van der Waals surface area contributed by atoms with Crippen molar-refractivity contribution in [2.24, 2.45) is 0 Å². The van der Waals surface area contributed by atoms with Crippen molar-refractivity contribution in [1.29, 1.82) is 0 Å². The first-order valence-corrected chi connectivity index (χ1v) is 6.03. The van der Waals surface area contributed by atoms with Crippen LogP contribution in [0.4, 0.5) is 10.1 Å². The van der Waals surface area contributed by atoms with Crippen molar-refractivity contribution in [3.63, 3.8) is 0 Å². The van der Waals surface area contributed by atoms with Crippen LogP contribution in [-0.2, 0) is 0 Å². The standard InChI is InChI=1S/C12H6ClFN4O3/c13-8-4-10(18(19)20)11(5-9(8)14)21-7-1-2-17-12(3-7)15-6-16-17/h1-6H. The Bertz CT molecular complexity index is 852. The summed E-state index contributed by atoms with van der Waals surface area (Å²) in [4.78, 5) is 14.2. The van der Waals surface area contributed by atoms with Crippen molar-refractivity contribution in [3.8, 4) is 11.5 Å². The zero-order chi connectivity index (χ0) is 15.0. The third-order valence-corrected chi connectivity index (χ3v) is 2.97. The van der Waals surface area contributed by atoms with Crippen LogP contribution in [-0.4, -0.2) is 19.5 Å². The fourth-order valence-electron chi connectivity index (χ4n) is 1.73. The molecule has 3 aromatic rings. The summed E-state index contributed by atoms with van der Waals surface area (Å²) in [6.07, 6.45) is 2.92. The average molecular weight is 309 g/mol. The Morgan fingerprint density at radius 3 is 2.95 bits per heavy atom. The number of nitro benzene ring substituents is 1. The number of fused-ring (bicyclic) bond motifs is 1. The second-order valence-electron chi connectivity index (χ2n) is 4.02. The molecule has 0 atom stereocenters. The lowest BCUT2D eigenvalue weighted by molar-refractivity contribution is -0.385. The first-order valence-electron chi connectivity index (χ1n) is 5.65. The molecule has 0 fully saturated rings. The predicted molar refractivity (Wildman–Crippen MR) is 71.1 cm³/mol. The van der Waals surface area contributed by atoms with Crippen molar-refractivity contribution < 1.29 is 14.1 Å². The monoisotopic (exact) mass is 308 g/mol. The van der Waals surface area contributed by atoms with Gasteiger partial charge < -0.3 is 4.74 Å². The van der Waals surface area contributed by atoms with E-state index in [1.165, 1.54) is 23.0 Å². The van der Waals surface area contributed by atoms with Gasteiger partial charge in [0.2, 0.25) is 5.75 Å². The number of halogens is 2. The highest BCUT2D eigenvalue weighted by Gasteiger charge is 2.20. The zero-order valence-electron chi connectivity index (χ0n) is 10.2. The maximum atomic E-state index is 13.5. The SMILES string of the molecule is O=[N+]([O-])c1cc(Cl)c(F)cc1Oc1ccn2ncnc2c1. The molecule has 0 aliphatic rings. The molecule has 2 heterocycles. The quantitative estimate of drug-likeness (QED) is 0.548. The summed E-state index contributed by atoms with van der Waals surface area (Å²) < 4.78 is 20.3. The van der Waals surface area contributed by atoms with E-state index in [0.29, 0.717) is 5.65 Å². The fourth-order valence-corrected chi connectivity index (χ4v) is 1.89. The van der Waals surface area contributed by atoms with E-state index < -0.39 is 16.4 Å². The lowest BCUT2D eigenvalue weighted by Crippen LogP contribution is -1.96. The zero-order valence-corrected chi connectivity index (χ0v) is 11.0. The summed E-state index contributed by atoms with van der Waals surface area (Å²) in [5.74, 6) is -0.785. The Labute approximate surface area is 121 Å². The average Bonchev–Trinajstić information content (AvgIpc) is 2.89. The molecule has 9 heteroatoms. The molecule has 3 rings (SSSR count). The third-order valence-electron chi connectivity index (χ3n) is 2.68. The molecule has 0 saturated carbocycles. The lowest BCUT2D eigenvalue weighted by atomic mass is 10.3. The van der Waals surface area contributed by atoms with Gasteiger partial charge in [0.05, 0.1) is 9.95 Å². The van der Waals surface area contributed by atoms with E-state index in [0.717, 1.165) is 12.1 Å². The second kappa shape index (κ2) is 4.98. The Morgan fingerprint density at radius 1 is 1.38 bits per heavy atom. The maximum Gasteiger partial charge on any atom is 0.313 e. The number of nitrogens with zero attached hydrogens (tertiary/aromatic N) is 4. The smallest absolute Gasteiger partial charge is 0.313 e. The second-order valence-corrected chi connectivity index (χ2v) is 4.43. The van der Waals surface area contributed by atoms with E-state index >= 15 is 0 Å². The Morgan fingerprint density at radius 2 is 2.19 bits per heavy atom. The topological polar surface area (TPSA) is 82.6 Å². The Kier molecular flexibility index (Phi) is 3.15. The van der Waals surface area contributed by atoms with Crippen molar-refractivity contribution in [2.75, 3.05) is 0 Å². The van der Waals surface area contributed by atoms with E-state index in [4.69, 9.17) is 16.3 Å². The number of aromatic nitrogens is 3. The molecule has 2 aromatic heterocycles. The molecular weight excluding hydrogens is 303 g/mol. The van der Waals surface area contributed by atoms with E-state index in [-0.39, 0.29) is 16.5 Å². The third kappa shape index (κ3) is 2.48. The molecule has 0 radical (unpaired) electrons. The molecule has 0 bridgehead atoms. The number of benzene rings is 1. The Hall–Kier alpha value is -2.74. The van der Waals surface area contributed by atoms with Crippen LogP contribution in [0, 0.1) is 15.9 Å². The predicted octanol–water partition coefficient (Wildman–Crippen LogP) is 3.22. The number of rotatable bonds is 3. The molecule has 0 N–H and O–H groups in total. The highest BCUT2D eigenvalue weighted by Crippen LogP contribution is 2.35. The van der Waals surface area contributed by atoms with Gasteiger partial charge >= 0.3 is 5.69 Å². The van der Waals surface area contributed by atoms with Gasteiger partial charge in [0.15, 0.2) is 5.65 Å². The number of hydrogen-bond donors (Lipinski definition) is 0. The van der Waals surface area contributed by atoms with Crippen LogP contribution in [0.3, 0.4) is 0 Å². The van der Waals surface area contributed by atoms with Gasteiger partial charge in [-0.15, -0.1) is 0 Å². The highest BCUT2D eigenvalue weighted by atomic mass is 35.5. The largest absolute Gasteiger partial charge is 0.450 e. The molecular formula is C12H6ClFN4O3. The number of ether oxygens (including phenoxy) is 1. The van der Waals surface area contributed by atoms with Crippen LogP contribution in [0.15, 0.2) is 36.8 Å². The van der Waals surface area contributed by atoms with Crippen LogP contribution in [0.1, 0.15) is 0 Å². The molecule has 1 aromatic carbocycles. The summed E-state index contributed by atoms with van der Waals surface area (Å²) in [7, 11) is 0. The van der Waals surface area contributed by atoms with Gasteiger partial charge in [-0.25, -0.2) is 13.9 Å². The molecule has 0 unspecified atom stereocenters. The van der Waals surface area contributed by atoms with Crippen molar-refractivity contribution in [2.45, 2.75) is 0 Å². The molecule has 106 valence electrons. The van der Waals surface area contributed by atoms with E-state index in [1.807, 2.05) is 0 Å². The normalized spacial score (nSPS) is 10.8. The van der Waals surface area contributed by atoms with Crippen molar-refractivity contribution >= 4 is 22.9 Å². The fraction of sp³-hybridized carbons (Fsp3) is 0. The van der Waals surface area contributed by atoms with Crippen molar-refractivity contribution in [1.82, 2.24) is 14.6 Å². The van der Waals surface area contributed by atoms with Crippen LogP contribution < -0.4 is 4.74 Å². The highest BCUT2D eigenvalue weighted by molar-refractivity contribution is 6.31. The molecule has 0 saturated heterocycles. The van der Waals surface area contributed by atoms with E-state index in [2.05, 4.69) is 10.1 Å². The molecule has 7 nitrogen and oxygen atoms in total. The maximum absolute atomic E-state index is 13.5. The molecule has 0 aliphatic heterocycles. The summed E-state index contributed by atoms with van der Waals surface area (Å²) in [6, 6.07) is 4.82. The van der Waals surface area contributed by atoms with Gasteiger partial charge in [0.1, 0.15) is 17.9 Å². The van der Waals surface area contributed by atoms with Gasteiger partial charge in [-0.2, -0.15) is 5.10 Å². The first kappa shape index (κ1) is 13.3. The minimum atomic E-state index is -0.805. The lowest BCUT2D eigenvalue weighted by Gasteiger charge is -2.07. The summed E-state index contributed by atoms with van der Waals surface area (Å²) in [6.45, 7) is 0. The molecule has 0 aliphatic carbocycles. The summed E-state index contributed by atoms with van der Waals surface area (Å²) >= 11 is 5.54. The van der Waals surface area contributed by atoms with Crippen LogP contribution in [0.25, 0.3) is 5.65 Å². The van der Waals surface area contributed by atoms with E-state index in [9.17, 15) is 14.5 Å². The van der Waals surface area contributed by atoms with Gasteiger partial charge in [-0.05, 0) is 6.07 Å². The van der Waals surface area contributed by atoms with Crippen LogP contribution in [0.2, 0.25) is 5.02 Å². The molecule has 0 amide bonds. The van der Waals surface area contributed by atoms with Gasteiger partial charge in [0, 0.05) is 24.4 Å². The number of pyridine rings is 1. The van der Waals surface area contributed by atoms with Crippen molar-refractivity contribution in [3.05, 3.63) is 57.7 Å². The summed E-state index contributed by atoms with van der Waals surface area (Å²) in [5, 5.41) is 14.5. The minimum absolute atomic E-state index is 0.245. The number of hydrogen-bond acceptors (Lipinski definition) is 5. The minimum Gasteiger partial charge on any atom is -0.450 e. The van der Waals surface area contributed by atoms with Gasteiger partial charge in [-0.3, -0.25) is 10.1 Å². The Balaban J connectivity index is 2.03. The molecule has 21 heavy (non-hydrogen) atoms. The van der Waals surface area contributed by atoms with Gasteiger partial charge in [0.25, 0.3) is 0 Å². The van der Waals surface area contributed by atoms with E-state index in [1.54, 1.807) is 6.20 Å². The number of nitro groups is 1.